The minimum atomic E-state index is 0.456. The highest BCUT2D eigenvalue weighted by molar-refractivity contribution is 5.78. The van der Waals surface area contributed by atoms with Crippen molar-refractivity contribution in [3.05, 3.63) is 66.7 Å². The Bertz CT molecular complexity index is 1320. The first-order chi connectivity index (χ1) is 16.7. The number of anilines is 3. The second kappa shape index (κ2) is 9.68. The molecule has 4 aromatic rings. The summed E-state index contributed by atoms with van der Waals surface area (Å²) in [5.74, 6) is 0.456. The van der Waals surface area contributed by atoms with E-state index in [1.54, 1.807) is 18.6 Å². The monoisotopic (exact) mass is 451 g/mol. The van der Waals surface area contributed by atoms with E-state index < -0.39 is 0 Å². The Labute approximate surface area is 198 Å². The Morgan fingerprint density at radius 2 is 2.03 bits per heavy atom. The fraction of sp³-hybridized carbons (Fsp3) is 0.240. The molecule has 1 fully saturated rings. The molecule has 9 nitrogen and oxygen atoms in total. The largest absolute Gasteiger partial charge is 0.368 e. The zero-order valence-electron chi connectivity index (χ0n) is 18.9. The van der Waals surface area contributed by atoms with Crippen molar-refractivity contribution < 1.29 is 0 Å². The molecule has 0 amide bonds. The van der Waals surface area contributed by atoms with E-state index in [4.69, 9.17) is 10.1 Å². The summed E-state index contributed by atoms with van der Waals surface area (Å²) in [4.78, 5) is 15.6. The molecule has 3 aromatic heterocycles. The first kappa shape index (κ1) is 21.6. The van der Waals surface area contributed by atoms with E-state index in [0.717, 1.165) is 66.6 Å². The quantitative estimate of drug-likeness (QED) is 0.459. The maximum atomic E-state index is 9.73. The first-order valence-corrected chi connectivity index (χ1v) is 11.3. The molecule has 0 unspecified atom stereocenters. The molecule has 5 rings (SSSR count). The molecule has 0 radical (unpaired) electrons. The van der Waals surface area contributed by atoms with Crippen LogP contribution in [0.25, 0.3) is 22.5 Å². The zero-order chi connectivity index (χ0) is 23.3. The normalized spacial score (nSPS) is 13.5. The molecule has 9 heteroatoms. The average Bonchev–Trinajstić information content (AvgIpc) is 3.35. The molecular formula is C25H25N9. The molecule has 1 saturated heterocycles. The third-order valence-electron chi connectivity index (χ3n) is 5.78. The van der Waals surface area contributed by atoms with Crippen LogP contribution in [0.3, 0.4) is 0 Å². The number of aryl methyl sites for hydroxylation is 1. The fourth-order valence-corrected chi connectivity index (χ4v) is 4.07. The number of pyridine rings is 1. The van der Waals surface area contributed by atoms with Gasteiger partial charge < -0.3 is 15.5 Å². The molecule has 0 atom stereocenters. The van der Waals surface area contributed by atoms with Crippen molar-refractivity contribution in [2.24, 2.45) is 0 Å². The van der Waals surface area contributed by atoms with Gasteiger partial charge in [-0.2, -0.15) is 10.4 Å². The number of nitrogens with zero attached hydrogens (tertiary/aromatic N) is 7. The number of nitrogens with one attached hydrogen (secondary N) is 2. The van der Waals surface area contributed by atoms with Crippen LogP contribution in [0, 0.1) is 11.3 Å². The van der Waals surface area contributed by atoms with Gasteiger partial charge in [-0.15, -0.1) is 0 Å². The van der Waals surface area contributed by atoms with Crippen LogP contribution < -0.4 is 15.5 Å². The molecule has 0 bridgehead atoms. The van der Waals surface area contributed by atoms with Gasteiger partial charge in [-0.3, -0.25) is 9.67 Å². The third-order valence-corrected chi connectivity index (χ3v) is 5.78. The van der Waals surface area contributed by atoms with Crippen LogP contribution in [0.15, 0.2) is 61.2 Å². The number of benzene rings is 1. The molecule has 0 saturated carbocycles. The average molecular weight is 452 g/mol. The lowest BCUT2D eigenvalue weighted by Crippen LogP contribution is -2.43. The summed E-state index contributed by atoms with van der Waals surface area (Å²) in [6, 6.07) is 13.9. The molecule has 1 aliphatic rings. The summed E-state index contributed by atoms with van der Waals surface area (Å²) in [7, 11) is 0. The van der Waals surface area contributed by atoms with Crippen LogP contribution in [0.1, 0.15) is 12.5 Å². The van der Waals surface area contributed by atoms with Crippen LogP contribution in [0.2, 0.25) is 0 Å². The highest BCUT2D eigenvalue weighted by Crippen LogP contribution is 2.30. The molecule has 2 N–H and O–H groups in total. The van der Waals surface area contributed by atoms with E-state index in [0.29, 0.717) is 11.5 Å². The molecule has 170 valence electrons. The Balaban J connectivity index is 1.44. The number of nitriles is 1. The summed E-state index contributed by atoms with van der Waals surface area (Å²) in [6.45, 7) is 6.41. The second-order valence-corrected chi connectivity index (χ2v) is 7.96. The van der Waals surface area contributed by atoms with Gasteiger partial charge in [-0.05, 0) is 43.3 Å². The number of piperazine rings is 1. The van der Waals surface area contributed by atoms with E-state index in [2.05, 4.69) is 31.6 Å². The van der Waals surface area contributed by atoms with Crippen LogP contribution in [0.4, 0.5) is 17.3 Å². The predicted octanol–water partition coefficient (Wildman–Crippen LogP) is 3.45. The van der Waals surface area contributed by atoms with Crippen LogP contribution in [-0.2, 0) is 6.54 Å². The summed E-state index contributed by atoms with van der Waals surface area (Å²) in [5, 5.41) is 21.0. The second-order valence-electron chi connectivity index (χ2n) is 7.96. The maximum absolute atomic E-state index is 9.73. The van der Waals surface area contributed by atoms with Crippen molar-refractivity contribution in [2.75, 3.05) is 36.4 Å². The Morgan fingerprint density at radius 1 is 1.15 bits per heavy atom. The smallest absolute Gasteiger partial charge is 0.227 e. The number of rotatable bonds is 6. The number of aromatic nitrogens is 5. The molecular weight excluding hydrogens is 426 g/mol. The van der Waals surface area contributed by atoms with Gasteiger partial charge in [-0.1, -0.05) is 0 Å². The van der Waals surface area contributed by atoms with E-state index in [-0.39, 0.29) is 0 Å². The van der Waals surface area contributed by atoms with Gasteiger partial charge in [0.05, 0.1) is 16.9 Å². The zero-order valence-corrected chi connectivity index (χ0v) is 18.9. The minimum absolute atomic E-state index is 0.456. The number of hydrogen-bond donors (Lipinski definition) is 2. The molecule has 1 aromatic carbocycles. The minimum Gasteiger partial charge on any atom is -0.368 e. The van der Waals surface area contributed by atoms with Gasteiger partial charge in [0.1, 0.15) is 11.8 Å². The summed E-state index contributed by atoms with van der Waals surface area (Å²) in [6.07, 6.45) is 7.26. The van der Waals surface area contributed by atoms with E-state index >= 15 is 0 Å². The van der Waals surface area contributed by atoms with Gasteiger partial charge in [0.2, 0.25) is 5.95 Å². The van der Waals surface area contributed by atoms with Crippen molar-refractivity contribution in [1.29, 1.82) is 5.26 Å². The van der Waals surface area contributed by atoms with E-state index in [1.165, 1.54) is 0 Å². The summed E-state index contributed by atoms with van der Waals surface area (Å²) >= 11 is 0. The number of hydrogen-bond acceptors (Lipinski definition) is 8. The lowest BCUT2D eigenvalue weighted by molar-refractivity contribution is 0.589. The van der Waals surface area contributed by atoms with Crippen LogP contribution in [-0.4, -0.2) is 50.9 Å². The predicted molar refractivity (Wildman–Crippen MR) is 132 cm³/mol. The SMILES string of the molecule is CCn1cc(-c2ccnc(Nc3ccc(N4CCNCC4)c(C#N)c3)n2)c(-c2cccnc2)n1. The summed E-state index contributed by atoms with van der Waals surface area (Å²) < 4.78 is 1.89. The Morgan fingerprint density at radius 3 is 2.79 bits per heavy atom. The molecule has 0 aliphatic carbocycles. The van der Waals surface area contributed by atoms with Gasteiger partial charge in [0, 0.05) is 74.3 Å². The van der Waals surface area contributed by atoms with E-state index in [9.17, 15) is 5.26 Å². The summed E-state index contributed by atoms with van der Waals surface area (Å²) in [5.41, 5.74) is 5.78. The van der Waals surface area contributed by atoms with Gasteiger partial charge in [0.15, 0.2) is 0 Å². The van der Waals surface area contributed by atoms with Gasteiger partial charge in [-0.25, -0.2) is 9.97 Å². The Hall–Kier alpha value is -4.29. The van der Waals surface area contributed by atoms with Crippen molar-refractivity contribution in [1.82, 2.24) is 30.0 Å². The van der Waals surface area contributed by atoms with Crippen molar-refractivity contribution >= 4 is 17.3 Å². The maximum Gasteiger partial charge on any atom is 0.227 e. The molecule has 1 aliphatic heterocycles. The molecule has 4 heterocycles. The van der Waals surface area contributed by atoms with Crippen LogP contribution in [0.5, 0.6) is 0 Å². The van der Waals surface area contributed by atoms with Crippen molar-refractivity contribution in [3.63, 3.8) is 0 Å². The molecule has 34 heavy (non-hydrogen) atoms. The Kier molecular flexibility index (Phi) is 6.14. The molecule has 0 spiro atoms. The van der Waals surface area contributed by atoms with Gasteiger partial charge in [0.25, 0.3) is 0 Å². The first-order valence-electron chi connectivity index (χ1n) is 11.3. The van der Waals surface area contributed by atoms with Crippen LogP contribution >= 0.6 is 0 Å². The lowest BCUT2D eigenvalue weighted by atomic mass is 10.1. The third kappa shape index (κ3) is 4.44. The topological polar surface area (TPSA) is 108 Å². The lowest BCUT2D eigenvalue weighted by Gasteiger charge is -2.30. The highest BCUT2D eigenvalue weighted by atomic mass is 15.3. The van der Waals surface area contributed by atoms with Crippen molar-refractivity contribution in [3.8, 4) is 28.6 Å². The fourth-order valence-electron chi connectivity index (χ4n) is 4.07. The van der Waals surface area contributed by atoms with Crippen molar-refractivity contribution in [2.45, 2.75) is 13.5 Å². The van der Waals surface area contributed by atoms with E-state index in [1.807, 2.05) is 54.2 Å². The highest BCUT2D eigenvalue weighted by Gasteiger charge is 2.17. The standard InChI is InChI=1S/C25H25N9/c1-2-34-17-21(24(32-34)18-4-3-8-28-16-18)22-7-9-29-25(31-22)30-20-5-6-23(19(14-20)15-26)33-12-10-27-11-13-33/h3-9,14,16-17,27H,2,10-13H2,1H3,(H,29,30,31). The van der Waals surface area contributed by atoms with Gasteiger partial charge >= 0.3 is 0 Å².